The number of aromatic nitrogens is 6. The molecule has 1 amide bonds. The molecule has 14 heteroatoms. The molecule has 0 bridgehead atoms. The van der Waals surface area contributed by atoms with Crippen molar-refractivity contribution in [1.82, 2.24) is 34.9 Å². The Balaban J connectivity index is 1.63. The number of tetrazole rings is 1. The Morgan fingerprint density at radius 2 is 1.94 bits per heavy atom. The number of pyridine rings is 1. The molecule has 4 rings (SSSR count). The van der Waals surface area contributed by atoms with Gasteiger partial charge in [0.1, 0.15) is 29.5 Å². The molecule has 1 aromatic carbocycles. The van der Waals surface area contributed by atoms with Crippen LogP contribution in [0.4, 0.5) is 17.6 Å². The Bertz CT molecular complexity index is 1370. The summed E-state index contributed by atoms with van der Waals surface area (Å²) in [6, 6.07) is 6.52. The summed E-state index contributed by atoms with van der Waals surface area (Å²) in [5, 5.41) is 22.6. The number of aliphatic hydroxyl groups excluding tert-OH is 1. The molecule has 35 heavy (non-hydrogen) atoms. The van der Waals surface area contributed by atoms with Crippen molar-refractivity contribution < 1.29 is 32.2 Å². The zero-order valence-electron chi connectivity index (χ0n) is 18.4. The van der Waals surface area contributed by atoms with E-state index in [0.29, 0.717) is 0 Å². The molecule has 0 aliphatic carbocycles. The second-order valence-electron chi connectivity index (χ2n) is 7.76. The molecule has 10 nitrogen and oxygen atoms in total. The van der Waals surface area contributed by atoms with Gasteiger partial charge in [0.2, 0.25) is 5.82 Å². The molecule has 4 aromatic rings. The Kier molecular flexibility index (Phi) is 6.39. The first kappa shape index (κ1) is 24.1. The first-order chi connectivity index (χ1) is 16.6. The van der Waals surface area contributed by atoms with E-state index in [-0.39, 0.29) is 39.0 Å². The number of halogens is 4. The lowest BCUT2D eigenvalue weighted by atomic mass is 10.0. The molecule has 0 fully saturated rings. The normalized spacial score (nSPS) is 13.3. The van der Waals surface area contributed by atoms with Crippen molar-refractivity contribution >= 4 is 11.6 Å². The number of aryl methyl sites for hydroxylation is 1. The highest BCUT2D eigenvalue weighted by atomic mass is 19.3. The predicted molar refractivity (Wildman–Crippen MR) is 112 cm³/mol. The van der Waals surface area contributed by atoms with Crippen molar-refractivity contribution in [3.05, 3.63) is 70.9 Å². The lowest BCUT2D eigenvalue weighted by Gasteiger charge is -2.25. The van der Waals surface area contributed by atoms with Crippen molar-refractivity contribution in [2.45, 2.75) is 32.5 Å². The number of amides is 1. The third-order valence-corrected chi connectivity index (χ3v) is 5.24. The summed E-state index contributed by atoms with van der Waals surface area (Å²) in [5.41, 5.74) is -1.40. The molecular weight excluding hydrogens is 474 g/mol. The van der Waals surface area contributed by atoms with E-state index in [1.807, 2.05) is 0 Å². The number of hydrogen-bond donors (Lipinski definition) is 2. The highest BCUT2D eigenvalue weighted by Gasteiger charge is 2.35. The molecule has 184 valence electrons. The van der Waals surface area contributed by atoms with E-state index in [2.05, 4.69) is 25.7 Å². The average Bonchev–Trinajstić information content (AvgIpc) is 3.44. The summed E-state index contributed by atoms with van der Waals surface area (Å²) < 4.78 is 60.5. The maximum atomic E-state index is 13.9. The first-order valence-corrected chi connectivity index (χ1v) is 10.2. The second kappa shape index (κ2) is 9.29. The Hall–Kier alpha value is -4.07. The molecule has 0 unspecified atom stereocenters. The summed E-state index contributed by atoms with van der Waals surface area (Å²) in [5.74, 6) is -2.42. The maximum absolute atomic E-state index is 13.9. The minimum atomic E-state index is -3.05. The summed E-state index contributed by atoms with van der Waals surface area (Å²) in [6.07, 6.45) is 1.52. The quantitative estimate of drug-likeness (QED) is 0.362. The average molecular weight is 493 g/mol. The highest BCUT2D eigenvalue weighted by Crippen LogP contribution is 2.25. The third kappa shape index (κ3) is 4.51. The Labute approximate surface area is 195 Å². The van der Waals surface area contributed by atoms with Crippen LogP contribution < -0.4 is 10.1 Å². The largest absolute Gasteiger partial charge is 0.485 e. The van der Waals surface area contributed by atoms with Crippen LogP contribution in [-0.2, 0) is 12.1 Å². The van der Waals surface area contributed by atoms with E-state index in [0.717, 1.165) is 12.1 Å². The first-order valence-electron chi connectivity index (χ1n) is 10.2. The molecule has 0 saturated carbocycles. The minimum Gasteiger partial charge on any atom is -0.485 e. The lowest BCUT2D eigenvalue weighted by molar-refractivity contribution is 0.0386. The monoisotopic (exact) mass is 493 g/mol. The number of aliphatic hydroxyl groups is 1. The number of hydrogen-bond acceptors (Lipinski definition) is 7. The fourth-order valence-electron chi connectivity index (χ4n) is 3.37. The lowest BCUT2D eigenvalue weighted by Crippen LogP contribution is -2.47. The van der Waals surface area contributed by atoms with E-state index in [1.54, 1.807) is 13.0 Å². The second-order valence-corrected chi connectivity index (χ2v) is 7.76. The number of imidazole rings is 1. The SMILES string of the molecule is Cc1nc2c(OCc3c(F)cccc3F)cccn2c1C(=O)N[C@](C)(CO)c1nnn(C(F)F)n1. The molecule has 3 aromatic heterocycles. The van der Waals surface area contributed by atoms with Gasteiger partial charge in [-0.2, -0.15) is 8.78 Å². The van der Waals surface area contributed by atoms with E-state index < -0.39 is 42.8 Å². The van der Waals surface area contributed by atoms with Crippen molar-refractivity contribution in [2.75, 3.05) is 6.61 Å². The smallest absolute Gasteiger partial charge is 0.350 e. The van der Waals surface area contributed by atoms with Gasteiger partial charge in [-0.3, -0.25) is 9.20 Å². The standard InChI is InChI=1S/C21H19F4N7O3/c1-11-16(18(34)27-21(2,10-33)19-28-30-32(29-19)20(24)25)31-8-4-7-15(17(31)26-11)35-9-12-13(22)5-3-6-14(12)23/h3-8,20,33H,9-10H2,1-2H3,(H,27,34)/t21-/m1/s1. The fourth-order valence-corrected chi connectivity index (χ4v) is 3.37. The Morgan fingerprint density at radius 1 is 1.23 bits per heavy atom. The number of fused-ring (bicyclic) bond motifs is 1. The van der Waals surface area contributed by atoms with Crippen molar-refractivity contribution in [3.63, 3.8) is 0 Å². The number of benzene rings is 1. The van der Waals surface area contributed by atoms with Crippen molar-refractivity contribution in [3.8, 4) is 5.75 Å². The van der Waals surface area contributed by atoms with Gasteiger partial charge in [-0.25, -0.2) is 13.8 Å². The molecule has 0 spiro atoms. The molecule has 2 N–H and O–H groups in total. The van der Waals surface area contributed by atoms with Crippen LogP contribution in [0.5, 0.6) is 5.75 Å². The van der Waals surface area contributed by atoms with Gasteiger partial charge in [0, 0.05) is 6.20 Å². The number of carbonyl (C=O) groups excluding carboxylic acids is 1. The fraction of sp³-hybridized carbons (Fsp3) is 0.286. The topological polar surface area (TPSA) is 119 Å². The number of alkyl halides is 2. The van der Waals surface area contributed by atoms with Crippen molar-refractivity contribution in [2.24, 2.45) is 0 Å². The van der Waals surface area contributed by atoms with Crippen molar-refractivity contribution in [1.29, 1.82) is 0 Å². The summed E-state index contributed by atoms with van der Waals surface area (Å²) in [7, 11) is 0. The zero-order valence-corrected chi connectivity index (χ0v) is 18.4. The van der Waals surface area contributed by atoms with Gasteiger partial charge in [-0.15, -0.1) is 10.2 Å². The van der Waals surface area contributed by atoms with Crippen LogP contribution in [0.3, 0.4) is 0 Å². The zero-order chi connectivity index (χ0) is 25.3. The van der Waals surface area contributed by atoms with Gasteiger partial charge in [-0.1, -0.05) is 10.9 Å². The van der Waals surface area contributed by atoms with Gasteiger partial charge in [0.25, 0.3) is 5.91 Å². The molecule has 1 atom stereocenters. The number of carbonyl (C=O) groups is 1. The highest BCUT2D eigenvalue weighted by molar-refractivity contribution is 5.95. The van der Waals surface area contributed by atoms with Crippen LogP contribution >= 0.6 is 0 Å². The van der Waals surface area contributed by atoms with E-state index in [9.17, 15) is 27.5 Å². The number of rotatable bonds is 8. The van der Waals surface area contributed by atoms with Crippen LogP contribution in [0.1, 0.15) is 41.0 Å². The molecule has 3 heterocycles. The van der Waals surface area contributed by atoms with Crippen LogP contribution in [0.2, 0.25) is 0 Å². The molecule has 0 aliphatic heterocycles. The summed E-state index contributed by atoms with van der Waals surface area (Å²) >= 11 is 0. The van der Waals surface area contributed by atoms with E-state index in [4.69, 9.17) is 4.74 Å². The van der Waals surface area contributed by atoms with Gasteiger partial charge >= 0.3 is 6.55 Å². The van der Waals surface area contributed by atoms with Gasteiger partial charge < -0.3 is 15.2 Å². The predicted octanol–water partition coefficient (Wildman–Crippen LogP) is 2.52. The summed E-state index contributed by atoms with van der Waals surface area (Å²) in [6.45, 7) is -1.30. The van der Waals surface area contributed by atoms with E-state index >= 15 is 0 Å². The minimum absolute atomic E-state index is 0.0449. The van der Waals surface area contributed by atoms with Gasteiger partial charge in [-0.05, 0) is 43.3 Å². The van der Waals surface area contributed by atoms with Crippen LogP contribution in [0, 0.1) is 18.6 Å². The van der Waals surface area contributed by atoms with Gasteiger partial charge in [0.05, 0.1) is 17.9 Å². The molecular formula is C21H19F4N7O3. The van der Waals surface area contributed by atoms with Crippen LogP contribution in [0.25, 0.3) is 5.65 Å². The molecule has 0 radical (unpaired) electrons. The van der Waals surface area contributed by atoms with E-state index in [1.165, 1.54) is 29.7 Å². The van der Waals surface area contributed by atoms with Crippen LogP contribution in [0.15, 0.2) is 36.5 Å². The molecule has 0 aliphatic rings. The maximum Gasteiger partial charge on any atom is 0.350 e. The summed E-state index contributed by atoms with van der Waals surface area (Å²) in [4.78, 5) is 17.5. The van der Waals surface area contributed by atoms with Gasteiger partial charge in [0.15, 0.2) is 11.4 Å². The Morgan fingerprint density at radius 3 is 2.57 bits per heavy atom. The third-order valence-electron chi connectivity index (χ3n) is 5.24. The number of nitrogens with one attached hydrogen (secondary N) is 1. The van der Waals surface area contributed by atoms with Crippen LogP contribution in [-0.4, -0.2) is 47.2 Å². The molecule has 0 saturated heterocycles. The number of nitrogens with zero attached hydrogens (tertiary/aromatic N) is 6. The number of ether oxygens (including phenoxy) is 1.